The molecule has 0 N–H and O–H groups in total. The Labute approximate surface area is 132 Å². The third kappa shape index (κ3) is 50.8. The summed E-state index contributed by atoms with van der Waals surface area (Å²) in [5.74, 6) is 0. The number of hydrogen-bond acceptors (Lipinski definition) is 0. The molecule has 0 bridgehead atoms. The third-order valence-corrected chi connectivity index (χ3v) is 0. The summed E-state index contributed by atoms with van der Waals surface area (Å²) < 4.78 is 0. The molecular formula is Mo2S3Se3. The van der Waals surface area contributed by atoms with Crippen LogP contribution in [-0.2, 0) is 82.6 Å². The molecule has 0 aliphatic rings. The first-order valence-corrected chi connectivity index (χ1v) is 0. The summed E-state index contributed by atoms with van der Waals surface area (Å²) in [6.07, 6.45) is 0. The molecule has 0 aliphatic heterocycles. The first-order chi connectivity index (χ1) is 0. The van der Waals surface area contributed by atoms with Gasteiger partial charge in [-0.2, -0.15) is 0 Å². The van der Waals surface area contributed by atoms with E-state index >= 15 is 0 Å². The van der Waals surface area contributed by atoms with Gasteiger partial charge in [0.1, 0.15) is 0 Å². The van der Waals surface area contributed by atoms with E-state index in [-0.39, 0.29) is 134 Å². The van der Waals surface area contributed by atoms with Gasteiger partial charge < -0.3 is 91.7 Å². The van der Waals surface area contributed by atoms with E-state index < -0.39 is 0 Å². The van der Waals surface area contributed by atoms with E-state index in [1.807, 2.05) is 0 Å². The normalized spacial score (nSPS) is 0. The summed E-state index contributed by atoms with van der Waals surface area (Å²) in [6.45, 7) is 0. The molecule has 0 radical (unpaired) electrons. The van der Waals surface area contributed by atoms with Crippen LogP contribution in [-0.4, -0.2) is 51.2 Å². The van der Waals surface area contributed by atoms with Crippen molar-refractivity contribution in [1.29, 1.82) is 0 Å². The van der Waals surface area contributed by atoms with Gasteiger partial charge in [0.15, 0.2) is 0 Å². The zero-order valence-electron chi connectivity index (χ0n) is 3.27. The average molecular weight is 525 g/mol. The molecule has 0 atom stereocenters. The van der Waals surface area contributed by atoms with Crippen molar-refractivity contribution in [3.05, 3.63) is 0 Å². The standard InChI is InChI=1S/2Mo.3S.3Se/q2*+6;6*-2. The molecule has 0 rings (SSSR count). The number of rotatable bonds is 0. The van der Waals surface area contributed by atoms with Crippen LogP contribution in [0, 0.1) is 0 Å². The Balaban J connectivity index is 0. The van der Waals surface area contributed by atoms with Crippen molar-refractivity contribution in [2.75, 3.05) is 0 Å². The Morgan fingerprint density at radius 1 is 0.375 bits per heavy atom. The maximum Gasteiger partial charge on any atom is 6.00 e. The SMILES string of the molecule is [Mo+6].[Mo+6].[S-2].[S-2].[S-2].[Se-2].[Se-2].[Se-2]. The Bertz CT molecular complexity index is 12.5. The van der Waals surface area contributed by atoms with Crippen molar-refractivity contribution in [2.24, 2.45) is 0 Å². The smallest absolute Gasteiger partial charge is 2.00 e. The molecule has 0 aromatic rings. The largest absolute Gasteiger partial charge is 6.00 e. The van der Waals surface area contributed by atoms with Crippen molar-refractivity contribution in [3.63, 3.8) is 0 Å². The molecule has 0 spiro atoms. The Morgan fingerprint density at radius 3 is 0.375 bits per heavy atom. The van der Waals surface area contributed by atoms with Gasteiger partial charge in [-0.1, -0.05) is 0 Å². The molecule has 48 valence electrons. The summed E-state index contributed by atoms with van der Waals surface area (Å²) in [4.78, 5) is 0. The predicted octanol–water partition coefficient (Wildman–Crippen LogP) is -1.15. The van der Waals surface area contributed by atoms with Crippen molar-refractivity contribution < 1.29 is 42.1 Å². The van der Waals surface area contributed by atoms with Crippen molar-refractivity contribution in [1.82, 2.24) is 0 Å². The average Bonchev–Trinajstić information content (AvgIpc) is 0. The van der Waals surface area contributed by atoms with E-state index in [9.17, 15) is 0 Å². The Kier molecular flexibility index (Phi) is 785. The molecule has 0 saturated heterocycles. The molecule has 8 heavy (non-hydrogen) atoms. The van der Waals surface area contributed by atoms with Gasteiger partial charge in [-0.15, -0.1) is 0 Å². The molecule has 0 amide bonds. The number of hydrogen-bond donors (Lipinski definition) is 0. The second kappa shape index (κ2) is 69.0. The first-order valence-electron chi connectivity index (χ1n) is 0. The monoisotopic (exact) mass is 531 g/mol. The van der Waals surface area contributed by atoms with Crippen LogP contribution in [0.5, 0.6) is 0 Å². The fourth-order valence-electron chi connectivity index (χ4n) is 0. The van der Waals surface area contributed by atoms with Gasteiger partial charge in [0, 0.05) is 0 Å². The molecule has 0 unspecified atom stereocenters. The molecule has 0 aromatic carbocycles. The van der Waals surface area contributed by atoms with E-state index in [0.717, 1.165) is 0 Å². The summed E-state index contributed by atoms with van der Waals surface area (Å²) in [5.41, 5.74) is 0. The molecule has 0 nitrogen and oxygen atoms in total. The van der Waals surface area contributed by atoms with E-state index in [2.05, 4.69) is 0 Å². The summed E-state index contributed by atoms with van der Waals surface area (Å²) in [7, 11) is 0. The summed E-state index contributed by atoms with van der Waals surface area (Å²) in [5, 5.41) is 0. The fourth-order valence-corrected chi connectivity index (χ4v) is 0. The zero-order chi connectivity index (χ0) is 0. The van der Waals surface area contributed by atoms with Crippen LogP contribution in [0.25, 0.3) is 0 Å². The summed E-state index contributed by atoms with van der Waals surface area (Å²) >= 11 is 0. The van der Waals surface area contributed by atoms with Crippen molar-refractivity contribution >= 4 is 91.7 Å². The Hall–Kier alpha value is 3.99. The maximum atomic E-state index is 0. The van der Waals surface area contributed by atoms with Gasteiger partial charge in [-0.3, -0.25) is 0 Å². The molecular weight excluding hydrogens is 525 g/mol. The van der Waals surface area contributed by atoms with Gasteiger partial charge in [-0.05, 0) is 0 Å². The third-order valence-electron chi connectivity index (χ3n) is 0. The quantitative estimate of drug-likeness (QED) is 0.351. The molecule has 0 heterocycles. The predicted molar refractivity (Wildman–Crippen MR) is 39.4 cm³/mol. The fraction of sp³-hybridized carbons (Fsp3) is 0. The van der Waals surface area contributed by atoms with E-state index in [0.29, 0.717) is 0 Å². The molecule has 0 saturated carbocycles. The minimum Gasteiger partial charge on any atom is -2.00 e. The van der Waals surface area contributed by atoms with Crippen LogP contribution >= 0.6 is 0 Å². The van der Waals surface area contributed by atoms with Crippen LogP contribution < -0.4 is 0 Å². The molecule has 0 aliphatic carbocycles. The van der Waals surface area contributed by atoms with Crippen molar-refractivity contribution in [3.8, 4) is 0 Å². The van der Waals surface area contributed by atoms with E-state index in [1.165, 1.54) is 0 Å². The van der Waals surface area contributed by atoms with Gasteiger partial charge in [0.2, 0.25) is 0 Å². The second-order valence-electron chi connectivity index (χ2n) is 0. The van der Waals surface area contributed by atoms with Crippen LogP contribution in [0.3, 0.4) is 0 Å². The van der Waals surface area contributed by atoms with Gasteiger partial charge in [0.25, 0.3) is 0 Å². The van der Waals surface area contributed by atoms with E-state index in [4.69, 9.17) is 0 Å². The molecule has 0 fully saturated rings. The first kappa shape index (κ1) is 91.1. The maximum absolute atomic E-state index is 0. The van der Waals surface area contributed by atoms with Crippen molar-refractivity contribution in [2.45, 2.75) is 0 Å². The Morgan fingerprint density at radius 2 is 0.375 bits per heavy atom. The molecule has 8 heteroatoms. The van der Waals surface area contributed by atoms with Gasteiger partial charge in [-0.25, -0.2) is 0 Å². The van der Waals surface area contributed by atoms with E-state index in [1.54, 1.807) is 0 Å². The zero-order valence-corrected chi connectivity index (χ0v) is 14.9. The molecule has 0 aromatic heterocycles. The second-order valence-corrected chi connectivity index (χ2v) is 0. The van der Waals surface area contributed by atoms with Crippen LogP contribution in [0.15, 0.2) is 0 Å². The topological polar surface area (TPSA) is 0 Å². The van der Waals surface area contributed by atoms with Crippen LogP contribution in [0.4, 0.5) is 0 Å². The van der Waals surface area contributed by atoms with Gasteiger partial charge >= 0.3 is 42.1 Å². The minimum atomic E-state index is 0. The minimum absolute atomic E-state index is 0. The van der Waals surface area contributed by atoms with Crippen LogP contribution in [0.1, 0.15) is 0 Å². The summed E-state index contributed by atoms with van der Waals surface area (Å²) in [6, 6.07) is 0. The van der Waals surface area contributed by atoms with Crippen LogP contribution in [0.2, 0.25) is 0 Å². The van der Waals surface area contributed by atoms with Gasteiger partial charge in [0.05, 0.1) is 0 Å².